The zero-order valence-electron chi connectivity index (χ0n) is 16.0. The highest BCUT2D eigenvalue weighted by Gasteiger charge is 2.28. The summed E-state index contributed by atoms with van der Waals surface area (Å²) in [6.07, 6.45) is 7.04. The number of thiocarbonyl (C=S) groups is 1. The molecule has 1 aromatic heterocycles. The predicted octanol–water partition coefficient (Wildman–Crippen LogP) is 3.02. The molecule has 0 bridgehead atoms. The zero-order chi connectivity index (χ0) is 20.1. The van der Waals surface area contributed by atoms with Gasteiger partial charge in [0.15, 0.2) is 5.11 Å². The lowest BCUT2D eigenvalue weighted by Crippen LogP contribution is -2.48. The molecule has 2 N–H and O–H groups in total. The molecule has 0 unspecified atom stereocenters. The largest absolute Gasteiger partial charge is 0.465 e. The molecule has 1 rings (SSSR count). The fourth-order valence-corrected chi connectivity index (χ4v) is 3.96. The van der Waals surface area contributed by atoms with Crippen molar-refractivity contribution >= 4 is 45.5 Å². The summed E-state index contributed by atoms with van der Waals surface area (Å²) in [6, 6.07) is 0. The number of nitrogens with one attached hydrogen (secondary N) is 2. The van der Waals surface area contributed by atoms with Crippen molar-refractivity contribution in [2.45, 2.75) is 39.2 Å². The van der Waals surface area contributed by atoms with Crippen LogP contribution >= 0.6 is 23.6 Å². The summed E-state index contributed by atoms with van der Waals surface area (Å²) in [5.41, 5.74) is 0.288. The molecule has 0 saturated carbocycles. The van der Waals surface area contributed by atoms with Gasteiger partial charge in [-0.1, -0.05) is 19.8 Å². The molecule has 0 fully saturated rings. The van der Waals surface area contributed by atoms with E-state index in [1.807, 2.05) is 13.8 Å². The molecule has 26 heavy (non-hydrogen) atoms. The maximum Gasteiger partial charge on any atom is 0.341 e. The maximum absolute atomic E-state index is 12.4. The molecule has 0 aliphatic rings. The lowest BCUT2D eigenvalue weighted by atomic mass is 9.94. The van der Waals surface area contributed by atoms with Crippen LogP contribution in [-0.4, -0.2) is 48.6 Å². The Labute approximate surface area is 164 Å². The topological polar surface area (TPSA) is 70.7 Å². The Bertz CT molecular complexity index is 744. The summed E-state index contributed by atoms with van der Waals surface area (Å²) in [4.78, 5) is 26.5. The number of methoxy groups -OCH3 is 1. The van der Waals surface area contributed by atoms with Gasteiger partial charge in [0.25, 0.3) is 5.91 Å². The predicted molar refractivity (Wildman–Crippen MR) is 110 cm³/mol. The van der Waals surface area contributed by atoms with Gasteiger partial charge in [0, 0.05) is 14.1 Å². The molecule has 142 valence electrons. The summed E-state index contributed by atoms with van der Waals surface area (Å²) in [7, 11) is 4.61. The molecule has 0 saturated heterocycles. The molecule has 8 heteroatoms. The quantitative estimate of drug-likeness (QED) is 0.438. The monoisotopic (exact) mass is 395 g/mol. The van der Waals surface area contributed by atoms with Gasteiger partial charge in [-0.2, -0.15) is 0 Å². The number of terminal acetylenes is 1. The van der Waals surface area contributed by atoms with Gasteiger partial charge < -0.3 is 20.3 Å². The molecule has 0 aliphatic heterocycles. The van der Waals surface area contributed by atoms with Crippen LogP contribution in [0.3, 0.4) is 0 Å². The van der Waals surface area contributed by atoms with Crippen molar-refractivity contribution in [1.82, 2.24) is 10.2 Å². The van der Waals surface area contributed by atoms with Gasteiger partial charge in [0.1, 0.15) is 5.00 Å². The van der Waals surface area contributed by atoms with Crippen molar-refractivity contribution in [3.63, 3.8) is 0 Å². The van der Waals surface area contributed by atoms with Crippen LogP contribution in [0.15, 0.2) is 0 Å². The van der Waals surface area contributed by atoms with Gasteiger partial charge in [-0.25, -0.2) is 4.79 Å². The SMILES string of the molecule is C#CC(CC)(CC)NC(=S)Nc1sc(C(=O)N(C)C)c(C)c1C(=O)OC. The third kappa shape index (κ3) is 4.54. The van der Waals surface area contributed by atoms with Crippen LogP contribution in [-0.2, 0) is 4.74 Å². The molecule has 1 aromatic rings. The van der Waals surface area contributed by atoms with E-state index in [4.69, 9.17) is 23.4 Å². The summed E-state index contributed by atoms with van der Waals surface area (Å²) in [5.74, 6) is 2.02. The van der Waals surface area contributed by atoms with Crippen LogP contribution in [0.25, 0.3) is 0 Å². The van der Waals surface area contributed by atoms with Crippen molar-refractivity contribution in [3.05, 3.63) is 16.0 Å². The summed E-state index contributed by atoms with van der Waals surface area (Å²) in [5, 5.41) is 6.89. The van der Waals surface area contributed by atoms with E-state index in [-0.39, 0.29) is 5.91 Å². The number of carbonyl (C=O) groups is 2. The fraction of sp³-hybridized carbons (Fsp3) is 0.500. The van der Waals surface area contributed by atoms with Gasteiger partial charge >= 0.3 is 5.97 Å². The van der Waals surface area contributed by atoms with Crippen molar-refractivity contribution in [2.75, 3.05) is 26.5 Å². The zero-order valence-corrected chi connectivity index (χ0v) is 17.6. The molecule has 6 nitrogen and oxygen atoms in total. The molecule has 1 amide bonds. The Hall–Kier alpha value is -2.11. The Morgan fingerprint density at radius 1 is 1.35 bits per heavy atom. The Balaban J connectivity index is 3.25. The fourth-order valence-electron chi connectivity index (χ4n) is 2.38. The highest BCUT2D eigenvalue weighted by molar-refractivity contribution is 7.80. The van der Waals surface area contributed by atoms with E-state index in [0.29, 0.717) is 39.0 Å². The van der Waals surface area contributed by atoms with E-state index >= 15 is 0 Å². The molecule has 0 aliphatic carbocycles. The number of carbonyl (C=O) groups excluding carboxylic acids is 2. The van der Waals surface area contributed by atoms with Gasteiger partial charge in [-0.15, -0.1) is 17.8 Å². The number of rotatable bonds is 6. The molecular formula is C18H25N3O3S2. The molecule has 0 spiro atoms. The summed E-state index contributed by atoms with van der Waals surface area (Å²) in [6.45, 7) is 5.66. The second kappa shape index (κ2) is 9.01. The van der Waals surface area contributed by atoms with Crippen molar-refractivity contribution in [2.24, 2.45) is 0 Å². The van der Waals surface area contributed by atoms with Crippen molar-refractivity contribution in [1.29, 1.82) is 0 Å². The average Bonchev–Trinajstić information content (AvgIpc) is 2.94. The maximum atomic E-state index is 12.4. The minimum absolute atomic E-state index is 0.190. The van der Waals surface area contributed by atoms with E-state index in [0.717, 1.165) is 11.3 Å². The Morgan fingerprint density at radius 2 is 1.92 bits per heavy atom. The number of amides is 1. The van der Waals surface area contributed by atoms with Gasteiger partial charge in [-0.05, 0) is 37.5 Å². The molecule has 0 radical (unpaired) electrons. The second-order valence-electron chi connectivity index (χ2n) is 5.96. The standard InChI is InChI=1S/C18H25N3O3S2/c1-8-18(9-2,10-3)20-17(25)19-14-12(16(23)24-7)11(4)13(26-14)15(22)21(5)6/h1H,9-10H2,2-7H3,(H2,19,20,25). The minimum Gasteiger partial charge on any atom is -0.465 e. The molecular weight excluding hydrogens is 370 g/mol. The van der Waals surface area contributed by atoms with Crippen LogP contribution < -0.4 is 10.6 Å². The van der Waals surface area contributed by atoms with E-state index in [2.05, 4.69) is 16.6 Å². The van der Waals surface area contributed by atoms with Crippen LogP contribution in [0, 0.1) is 19.3 Å². The lowest BCUT2D eigenvalue weighted by Gasteiger charge is -2.28. The smallest absolute Gasteiger partial charge is 0.341 e. The number of hydrogen-bond acceptors (Lipinski definition) is 5. The normalized spacial score (nSPS) is 10.7. The highest BCUT2D eigenvalue weighted by atomic mass is 32.1. The summed E-state index contributed by atoms with van der Waals surface area (Å²) < 4.78 is 4.86. The van der Waals surface area contributed by atoms with Crippen LogP contribution in [0.2, 0.25) is 0 Å². The van der Waals surface area contributed by atoms with E-state index in [9.17, 15) is 9.59 Å². The first-order chi connectivity index (χ1) is 12.2. The third-order valence-electron chi connectivity index (χ3n) is 4.20. The van der Waals surface area contributed by atoms with E-state index in [1.165, 1.54) is 12.0 Å². The molecule has 0 atom stereocenters. The number of thiophene rings is 1. The number of hydrogen-bond donors (Lipinski definition) is 2. The highest BCUT2D eigenvalue weighted by Crippen LogP contribution is 2.34. The Morgan fingerprint density at radius 3 is 2.35 bits per heavy atom. The van der Waals surface area contributed by atoms with Gasteiger partial charge in [0.2, 0.25) is 0 Å². The first-order valence-electron chi connectivity index (χ1n) is 8.16. The third-order valence-corrected chi connectivity index (χ3v) is 5.60. The molecule has 0 aromatic carbocycles. The van der Waals surface area contributed by atoms with Gasteiger partial charge in [-0.3, -0.25) is 4.79 Å². The van der Waals surface area contributed by atoms with Crippen molar-refractivity contribution in [3.8, 4) is 12.3 Å². The van der Waals surface area contributed by atoms with Crippen LogP contribution in [0.1, 0.15) is 52.3 Å². The first-order valence-corrected chi connectivity index (χ1v) is 9.39. The van der Waals surface area contributed by atoms with E-state index < -0.39 is 11.5 Å². The number of anilines is 1. The summed E-state index contributed by atoms with van der Waals surface area (Å²) >= 11 is 6.54. The second-order valence-corrected chi connectivity index (χ2v) is 7.39. The number of nitrogens with zero attached hydrogens (tertiary/aromatic N) is 1. The van der Waals surface area contributed by atoms with Crippen LogP contribution in [0.4, 0.5) is 5.00 Å². The minimum atomic E-state index is -0.565. The molecule has 1 heterocycles. The average molecular weight is 396 g/mol. The lowest BCUT2D eigenvalue weighted by molar-refractivity contribution is 0.0601. The van der Waals surface area contributed by atoms with Crippen LogP contribution in [0.5, 0.6) is 0 Å². The van der Waals surface area contributed by atoms with Gasteiger partial charge in [0.05, 0.1) is 23.1 Å². The Kier molecular flexibility index (Phi) is 7.60. The number of esters is 1. The first kappa shape index (κ1) is 21.9. The van der Waals surface area contributed by atoms with E-state index in [1.54, 1.807) is 21.0 Å². The van der Waals surface area contributed by atoms with Crippen molar-refractivity contribution < 1.29 is 14.3 Å². The number of ether oxygens (including phenoxy) is 1.